The van der Waals surface area contributed by atoms with E-state index in [-0.39, 0.29) is 23.9 Å². The summed E-state index contributed by atoms with van der Waals surface area (Å²) in [6.45, 7) is 1.53. The molecule has 1 unspecified atom stereocenters. The standard InChI is InChI=1S/C20H20F3N7O2S/c21-20(22,23)32-14-5-1-3-12(9-14)10-17(31)25-15-6-7-16(27-26-15)30-8-2-4-13(11-30)18-28-29-19(24)33-18/h1,3,5-7,9,13H,2,4,8,10-11H2,(H2,24,29)(H,25,26,31). The van der Waals surface area contributed by atoms with Gasteiger partial charge in [0.2, 0.25) is 11.0 Å². The third kappa shape index (κ3) is 6.28. The van der Waals surface area contributed by atoms with Crippen LogP contribution >= 0.6 is 11.3 Å². The molecule has 0 saturated carbocycles. The highest BCUT2D eigenvalue weighted by molar-refractivity contribution is 7.15. The average molecular weight is 479 g/mol. The van der Waals surface area contributed by atoms with Crippen LogP contribution in [0.4, 0.5) is 29.9 Å². The van der Waals surface area contributed by atoms with Crippen molar-refractivity contribution < 1.29 is 22.7 Å². The molecular formula is C20H20F3N7O2S. The molecule has 2 aromatic heterocycles. The highest BCUT2D eigenvalue weighted by Crippen LogP contribution is 2.31. The fourth-order valence-electron chi connectivity index (χ4n) is 3.58. The number of benzene rings is 1. The van der Waals surface area contributed by atoms with E-state index in [0.29, 0.717) is 23.1 Å². The topological polar surface area (TPSA) is 119 Å². The van der Waals surface area contributed by atoms with Crippen LogP contribution in [-0.2, 0) is 11.2 Å². The van der Waals surface area contributed by atoms with Gasteiger partial charge in [-0.05, 0) is 42.7 Å². The minimum Gasteiger partial charge on any atom is -0.406 e. The van der Waals surface area contributed by atoms with E-state index < -0.39 is 12.3 Å². The second-order valence-corrected chi connectivity index (χ2v) is 8.50. The second-order valence-electron chi connectivity index (χ2n) is 7.46. The number of alkyl halides is 3. The number of carbonyl (C=O) groups excluding carboxylic acids is 1. The largest absolute Gasteiger partial charge is 0.573 e. The van der Waals surface area contributed by atoms with Crippen LogP contribution in [-0.4, -0.2) is 45.8 Å². The predicted octanol–water partition coefficient (Wildman–Crippen LogP) is 3.37. The number of piperidine rings is 1. The maximum absolute atomic E-state index is 12.4. The van der Waals surface area contributed by atoms with Crippen molar-refractivity contribution in [3.63, 3.8) is 0 Å². The molecule has 9 nitrogen and oxygen atoms in total. The summed E-state index contributed by atoms with van der Waals surface area (Å²) < 4.78 is 41.0. The quantitative estimate of drug-likeness (QED) is 0.552. The molecule has 13 heteroatoms. The van der Waals surface area contributed by atoms with Crippen LogP contribution in [0.15, 0.2) is 36.4 Å². The predicted molar refractivity (Wildman–Crippen MR) is 116 cm³/mol. The van der Waals surface area contributed by atoms with E-state index >= 15 is 0 Å². The fraction of sp³-hybridized carbons (Fsp3) is 0.350. The van der Waals surface area contributed by atoms with Gasteiger partial charge in [-0.15, -0.1) is 33.6 Å². The molecule has 1 amide bonds. The molecule has 3 heterocycles. The van der Waals surface area contributed by atoms with Crippen molar-refractivity contribution in [1.82, 2.24) is 20.4 Å². The Morgan fingerprint density at radius 1 is 1.21 bits per heavy atom. The molecule has 1 aliphatic rings. The van der Waals surface area contributed by atoms with Crippen LogP contribution in [0.2, 0.25) is 0 Å². The van der Waals surface area contributed by atoms with E-state index in [9.17, 15) is 18.0 Å². The van der Waals surface area contributed by atoms with Crippen LogP contribution in [0.25, 0.3) is 0 Å². The van der Waals surface area contributed by atoms with E-state index in [2.05, 4.69) is 35.3 Å². The zero-order valence-electron chi connectivity index (χ0n) is 17.2. The number of aromatic nitrogens is 4. The Labute approximate surface area is 190 Å². The van der Waals surface area contributed by atoms with Gasteiger partial charge in [0.1, 0.15) is 10.8 Å². The number of halogens is 3. The van der Waals surface area contributed by atoms with Crippen molar-refractivity contribution in [3.8, 4) is 5.75 Å². The normalized spacial score (nSPS) is 16.5. The summed E-state index contributed by atoms with van der Waals surface area (Å²) in [6.07, 6.45) is -2.99. The molecule has 1 aliphatic heterocycles. The van der Waals surface area contributed by atoms with Crippen molar-refractivity contribution in [1.29, 1.82) is 0 Å². The van der Waals surface area contributed by atoms with Crippen LogP contribution in [0.1, 0.15) is 29.3 Å². The van der Waals surface area contributed by atoms with Gasteiger partial charge in [0.05, 0.1) is 6.42 Å². The number of hydrogen-bond acceptors (Lipinski definition) is 9. The lowest BCUT2D eigenvalue weighted by atomic mass is 9.99. The number of anilines is 3. The zero-order valence-corrected chi connectivity index (χ0v) is 18.1. The number of amides is 1. The molecule has 3 N–H and O–H groups in total. The molecule has 1 aromatic carbocycles. The van der Waals surface area contributed by atoms with Crippen molar-refractivity contribution in [3.05, 3.63) is 47.0 Å². The summed E-state index contributed by atoms with van der Waals surface area (Å²) in [6, 6.07) is 8.66. The number of carbonyl (C=O) groups is 1. The van der Waals surface area contributed by atoms with Gasteiger partial charge < -0.3 is 20.7 Å². The van der Waals surface area contributed by atoms with Crippen molar-refractivity contribution >= 4 is 34.0 Å². The molecule has 174 valence electrons. The van der Waals surface area contributed by atoms with Gasteiger partial charge in [-0.1, -0.05) is 23.5 Å². The average Bonchev–Trinajstić information content (AvgIpc) is 3.20. The van der Waals surface area contributed by atoms with Gasteiger partial charge in [0.15, 0.2) is 11.6 Å². The summed E-state index contributed by atoms with van der Waals surface area (Å²) >= 11 is 1.39. The van der Waals surface area contributed by atoms with Gasteiger partial charge >= 0.3 is 6.36 Å². The summed E-state index contributed by atoms with van der Waals surface area (Å²) in [5, 5.41) is 20.2. The number of nitrogens with two attached hydrogens (primary N) is 1. The third-order valence-corrected chi connectivity index (χ3v) is 5.88. The number of nitrogen functional groups attached to an aromatic ring is 1. The third-order valence-electron chi connectivity index (χ3n) is 4.97. The lowest BCUT2D eigenvalue weighted by Gasteiger charge is -2.32. The van der Waals surface area contributed by atoms with Gasteiger partial charge in [-0.25, -0.2) is 0 Å². The monoisotopic (exact) mass is 479 g/mol. The van der Waals surface area contributed by atoms with Crippen molar-refractivity contribution in [2.75, 3.05) is 29.0 Å². The highest BCUT2D eigenvalue weighted by atomic mass is 32.1. The van der Waals surface area contributed by atoms with Crippen LogP contribution < -0.4 is 20.7 Å². The minimum absolute atomic E-state index is 0.142. The Morgan fingerprint density at radius 3 is 2.76 bits per heavy atom. The van der Waals surface area contributed by atoms with E-state index in [1.165, 1.54) is 35.6 Å². The summed E-state index contributed by atoms with van der Waals surface area (Å²) in [5.41, 5.74) is 6.06. The molecule has 3 aromatic rings. The molecule has 1 fully saturated rings. The van der Waals surface area contributed by atoms with Crippen LogP contribution in [0, 0.1) is 0 Å². The fourth-order valence-corrected chi connectivity index (χ4v) is 4.32. The SMILES string of the molecule is Nc1nnc(C2CCCN(c3ccc(NC(=O)Cc4cccc(OC(F)(F)F)c4)nn3)C2)s1. The van der Waals surface area contributed by atoms with Gasteiger partial charge in [0.25, 0.3) is 0 Å². The highest BCUT2D eigenvalue weighted by Gasteiger charge is 2.31. The Morgan fingerprint density at radius 2 is 2.06 bits per heavy atom. The molecule has 0 radical (unpaired) electrons. The maximum Gasteiger partial charge on any atom is 0.573 e. The first kappa shape index (κ1) is 22.7. The molecule has 1 atom stereocenters. The Balaban J connectivity index is 1.34. The second kappa shape index (κ2) is 9.57. The molecular weight excluding hydrogens is 459 g/mol. The Kier molecular flexibility index (Phi) is 6.58. The molecule has 0 aliphatic carbocycles. The lowest BCUT2D eigenvalue weighted by molar-refractivity contribution is -0.274. The smallest absolute Gasteiger partial charge is 0.406 e. The number of nitrogens with one attached hydrogen (secondary N) is 1. The number of rotatable bonds is 6. The van der Waals surface area contributed by atoms with E-state index in [0.717, 1.165) is 24.4 Å². The maximum atomic E-state index is 12.4. The number of ether oxygens (including phenoxy) is 1. The summed E-state index contributed by atoms with van der Waals surface area (Å²) in [5.74, 6) is 0.317. The molecule has 33 heavy (non-hydrogen) atoms. The summed E-state index contributed by atoms with van der Waals surface area (Å²) in [7, 11) is 0. The number of nitrogens with zero attached hydrogens (tertiary/aromatic N) is 5. The first-order chi connectivity index (χ1) is 15.7. The molecule has 0 spiro atoms. The lowest BCUT2D eigenvalue weighted by Crippen LogP contribution is -2.35. The van der Waals surface area contributed by atoms with E-state index in [4.69, 9.17) is 5.73 Å². The minimum atomic E-state index is -4.79. The summed E-state index contributed by atoms with van der Waals surface area (Å²) in [4.78, 5) is 14.4. The first-order valence-electron chi connectivity index (χ1n) is 10.1. The zero-order chi connectivity index (χ0) is 23.4. The number of hydrogen-bond donors (Lipinski definition) is 2. The van der Waals surface area contributed by atoms with Crippen molar-refractivity contribution in [2.24, 2.45) is 0 Å². The Bertz CT molecular complexity index is 1110. The molecule has 0 bridgehead atoms. The first-order valence-corrected chi connectivity index (χ1v) is 10.9. The van der Waals surface area contributed by atoms with Gasteiger partial charge in [0, 0.05) is 19.0 Å². The van der Waals surface area contributed by atoms with Crippen LogP contribution in [0.3, 0.4) is 0 Å². The van der Waals surface area contributed by atoms with Gasteiger partial charge in [-0.2, -0.15) is 0 Å². The molecule has 1 saturated heterocycles. The molecule has 4 rings (SSSR count). The Hall–Kier alpha value is -3.48. The van der Waals surface area contributed by atoms with E-state index in [1.807, 2.05) is 0 Å². The van der Waals surface area contributed by atoms with E-state index in [1.54, 1.807) is 12.1 Å². The van der Waals surface area contributed by atoms with Crippen LogP contribution in [0.5, 0.6) is 5.75 Å². The van der Waals surface area contributed by atoms with Crippen molar-refractivity contribution in [2.45, 2.75) is 31.5 Å². The van der Waals surface area contributed by atoms with Gasteiger partial charge in [-0.3, -0.25) is 4.79 Å².